The van der Waals surface area contributed by atoms with Crippen LogP contribution in [0.5, 0.6) is 0 Å². The van der Waals surface area contributed by atoms with E-state index in [1.165, 1.54) is 44.9 Å². The Kier molecular flexibility index (Phi) is 4.44. The van der Waals surface area contributed by atoms with Gasteiger partial charge in [-0.05, 0) is 91.3 Å². The van der Waals surface area contributed by atoms with E-state index in [2.05, 4.69) is 41.5 Å². The van der Waals surface area contributed by atoms with E-state index in [9.17, 15) is 9.90 Å². The molecule has 184 valence electrons. The maximum absolute atomic E-state index is 13.6. The monoisotopic (exact) mass is 454 g/mol. The Balaban J connectivity index is 1.47. The molecule has 6 rings (SSSR count). The van der Waals surface area contributed by atoms with E-state index in [1.807, 2.05) is 0 Å². The van der Waals surface area contributed by atoms with Gasteiger partial charge in [0.1, 0.15) is 0 Å². The molecule has 1 saturated heterocycles. The number of fused-ring (bicyclic) bond motifs is 3. The van der Waals surface area contributed by atoms with Crippen LogP contribution in [0.3, 0.4) is 0 Å². The Hall–Kier alpha value is -0.830. The zero-order valence-electron chi connectivity index (χ0n) is 21.9. The molecule has 3 nitrogen and oxygen atoms in total. The summed E-state index contributed by atoms with van der Waals surface area (Å²) in [6.07, 6.45) is 12.9. The summed E-state index contributed by atoms with van der Waals surface area (Å²) in [5, 5.41) is 10.6. The third kappa shape index (κ3) is 2.54. The second kappa shape index (κ2) is 6.48. The molecule has 0 aromatic carbocycles. The fourth-order valence-corrected chi connectivity index (χ4v) is 11.3. The molecule has 0 unspecified atom stereocenters. The lowest BCUT2D eigenvalue weighted by Crippen LogP contribution is -2.73. The number of hydrogen-bond donors (Lipinski definition) is 1. The van der Waals surface area contributed by atoms with E-state index in [1.54, 1.807) is 6.08 Å². The number of ketones is 1. The molecular formula is C30H46O3. The van der Waals surface area contributed by atoms with Crippen LogP contribution in [0, 0.1) is 56.2 Å². The Morgan fingerprint density at radius 1 is 0.909 bits per heavy atom. The minimum absolute atomic E-state index is 0.00696. The van der Waals surface area contributed by atoms with E-state index in [4.69, 9.17) is 4.74 Å². The number of carbonyl (C=O) groups excluding carboxylic acids is 1. The molecule has 5 fully saturated rings. The molecule has 9 atom stereocenters. The van der Waals surface area contributed by atoms with Gasteiger partial charge >= 0.3 is 0 Å². The first-order valence-corrected chi connectivity index (χ1v) is 13.9. The Labute approximate surface area is 201 Å². The number of aliphatic hydroxyl groups excluding tert-OH is 1. The van der Waals surface area contributed by atoms with Gasteiger partial charge in [0.15, 0.2) is 5.78 Å². The minimum Gasteiger partial charge on any atom is -0.512 e. The Bertz CT molecular complexity index is 920. The second-order valence-electron chi connectivity index (χ2n) is 15.1. The molecule has 1 aliphatic heterocycles. The average Bonchev–Trinajstić information content (AvgIpc) is 2.74. The van der Waals surface area contributed by atoms with Crippen LogP contribution in [0.25, 0.3) is 0 Å². The SMILES string of the molecule is C[C@@H]1C(O)=CC(=O)[C@H]2[C@]1(C)CC[C@@H]1[C@@]23CC[C@@]2(C)[C@H]4CC(C)(C)CC[C@]4(C)CC[C@]12COC3. The molecule has 3 heteroatoms. The van der Waals surface area contributed by atoms with Crippen LogP contribution in [-0.4, -0.2) is 24.1 Å². The maximum Gasteiger partial charge on any atom is 0.163 e. The predicted octanol–water partition coefficient (Wildman–Crippen LogP) is 7.11. The lowest BCUT2D eigenvalue weighted by atomic mass is 9.29. The summed E-state index contributed by atoms with van der Waals surface area (Å²) in [6, 6.07) is 0. The van der Waals surface area contributed by atoms with Crippen molar-refractivity contribution in [3.05, 3.63) is 11.8 Å². The minimum atomic E-state index is -0.155. The molecular weight excluding hydrogens is 408 g/mol. The number of ether oxygens (including phenoxy) is 1. The molecule has 4 saturated carbocycles. The highest BCUT2D eigenvalue weighted by Gasteiger charge is 2.75. The third-order valence-electron chi connectivity index (χ3n) is 13.4. The number of rotatable bonds is 0. The number of allylic oxidation sites excluding steroid dienone is 2. The second-order valence-corrected chi connectivity index (χ2v) is 15.1. The smallest absolute Gasteiger partial charge is 0.163 e. The van der Waals surface area contributed by atoms with Crippen molar-refractivity contribution in [3.8, 4) is 0 Å². The molecule has 1 N–H and O–H groups in total. The molecule has 0 aromatic heterocycles. The molecule has 5 aliphatic carbocycles. The van der Waals surface area contributed by atoms with Crippen molar-refractivity contribution in [1.29, 1.82) is 0 Å². The summed E-state index contributed by atoms with van der Waals surface area (Å²) >= 11 is 0. The molecule has 1 heterocycles. The third-order valence-corrected chi connectivity index (χ3v) is 13.4. The summed E-state index contributed by atoms with van der Waals surface area (Å²) in [5.41, 5.74) is 1.18. The van der Waals surface area contributed by atoms with Crippen molar-refractivity contribution in [2.24, 2.45) is 56.2 Å². The summed E-state index contributed by atoms with van der Waals surface area (Å²) in [4.78, 5) is 13.6. The van der Waals surface area contributed by atoms with Crippen molar-refractivity contribution < 1.29 is 14.6 Å². The van der Waals surface area contributed by atoms with Crippen LogP contribution < -0.4 is 0 Å². The predicted molar refractivity (Wildman–Crippen MR) is 131 cm³/mol. The fraction of sp³-hybridized carbons (Fsp3) is 0.900. The lowest BCUT2D eigenvalue weighted by molar-refractivity contribution is -0.315. The van der Waals surface area contributed by atoms with Crippen molar-refractivity contribution in [3.63, 3.8) is 0 Å². The van der Waals surface area contributed by atoms with Gasteiger partial charge in [0.25, 0.3) is 0 Å². The highest BCUT2D eigenvalue weighted by Crippen LogP contribution is 2.79. The van der Waals surface area contributed by atoms with Gasteiger partial charge < -0.3 is 9.84 Å². The van der Waals surface area contributed by atoms with Gasteiger partial charge in [-0.1, -0.05) is 41.5 Å². The standard InChI is InChI=1S/C30H46O3/c1-19-20(31)15-21(32)24-27(19,5)8-7-22-29(24)13-12-28(6)23-16-25(2,3)9-10-26(23,4)11-14-30(22,28)18-33-17-29/h15,19,22-24,31H,7-14,16-18H2,1-6H3/t19-,22-,23+,24+,26-,27-,28+,29+,30+/m1/s1. The summed E-state index contributed by atoms with van der Waals surface area (Å²) in [7, 11) is 0. The Morgan fingerprint density at radius 3 is 2.39 bits per heavy atom. The average molecular weight is 455 g/mol. The number of aliphatic hydroxyl groups is 1. The van der Waals surface area contributed by atoms with Crippen LogP contribution >= 0.6 is 0 Å². The van der Waals surface area contributed by atoms with Gasteiger partial charge in [0, 0.05) is 28.7 Å². The van der Waals surface area contributed by atoms with Gasteiger partial charge in [-0.15, -0.1) is 0 Å². The van der Waals surface area contributed by atoms with Crippen molar-refractivity contribution in [2.45, 2.75) is 99.3 Å². The van der Waals surface area contributed by atoms with Gasteiger partial charge in [-0.2, -0.15) is 0 Å². The zero-order chi connectivity index (χ0) is 23.7. The summed E-state index contributed by atoms with van der Waals surface area (Å²) in [5.74, 6) is 1.86. The van der Waals surface area contributed by atoms with E-state index in [0.717, 1.165) is 32.0 Å². The molecule has 6 aliphatic rings. The maximum atomic E-state index is 13.6. The van der Waals surface area contributed by atoms with Gasteiger partial charge in [0.2, 0.25) is 0 Å². The fourth-order valence-electron chi connectivity index (χ4n) is 11.3. The molecule has 0 aromatic rings. The van der Waals surface area contributed by atoms with Crippen LogP contribution in [0.4, 0.5) is 0 Å². The highest BCUT2D eigenvalue weighted by atomic mass is 16.5. The molecule has 2 bridgehead atoms. The van der Waals surface area contributed by atoms with Gasteiger partial charge in [-0.25, -0.2) is 0 Å². The first kappa shape index (κ1) is 22.6. The highest BCUT2D eigenvalue weighted by molar-refractivity contribution is 5.94. The van der Waals surface area contributed by atoms with Crippen LogP contribution in [0.15, 0.2) is 11.8 Å². The molecule has 0 amide bonds. The lowest BCUT2D eigenvalue weighted by Gasteiger charge is -2.76. The first-order valence-electron chi connectivity index (χ1n) is 13.9. The van der Waals surface area contributed by atoms with Crippen LogP contribution in [0.2, 0.25) is 0 Å². The Morgan fingerprint density at radius 2 is 1.64 bits per heavy atom. The summed E-state index contributed by atoms with van der Waals surface area (Å²) < 4.78 is 6.66. The largest absolute Gasteiger partial charge is 0.512 e. The molecule has 1 spiro atoms. The van der Waals surface area contributed by atoms with E-state index in [0.29, 0.717) is 27.9 Å². The zero-order valence-corrected chi connectivity index (χ0v) is 21.9. The number of hydrogen-bond acceptors (Lipinski definition) is 3. The quantitative estimate of drug-likeness (QED) is 0.424. The van der Waals surface area contributed by atoms with Crippen molar-refractivity contribution in [1.82, 2.24) is 0 Å². The van der Waals surface area contributed by atoms with Crippen molar-refractivity contribution >= 4 is 5.78 Å². The van der Waals surface area contributed by atoms with Crippen LogP contribution in [-0.2, 0) is 9.53 Å². The summed E-state index contributed by atoms with van der Waals surface area (Å²) in [6.45, 7) is 16.3. The molecule has 0 radical (unpaired) electrons. The van der Waals surface area contributed by atoms with E-state index >= 15 is 0 Å². The molecule has 33 heavy (non-hydrogen) atoms. The van der Waals surface area contributed by atoms with Gasteiger partial charge in [0.05, 0.1) is 19.0 Å². The van der Waals surface area contributed by atoms with Crippen molar-refractivity contribution in [2.75, 3.05) is 13.2 Å². The van der Waals surface area contributed by atoms with Gasteiger partial charge in [-0.3, -0.25) is 4.79 Å². The topological polar surface area (TPSA) is 46.5 Å². The van der Waals surface area contributed by atoms with Crippen LogP contribution in [0.1, 0.15) is 99.3 Å². The van der Waals surface area contributed by atoms with E-state index < -0.39 is 0 Å². The normalized spacial score (nSPS) is 57.2. The number of carbonyl (C=O) groups is 1. The first-order chi connectivity index (χ1) is 15.3. The van der Waals surface area contributed by atoms with E-state index in [-0.39, 0.29) is 33.9 Å².